The van der Waals surface area contributed by atoms with Crippen LogP contribution in [0.25, 0.3) is 16.7 Å². The second-order valence-electron chi connectivity index (χ2n) is 6.36. The number of aromatic nitrogens is 3. The fourth-order valence-corrected chi connectivity index (χ4v) is 3.12. The van der Waals surface area contributed by atoms with Crippen molar-refractivity contribution in [3.05, 3.63) is 67.1 Å². The number of hydrogen-bond donors (Lipinski definition) is 1. The molecule has 29 heavy (non-hydrogen) atoms. The fourth-order valence-electron chi connectivity index (χ4n) is 3.12. The first-order valence-electron chi connectivity index (χ1n) is 8.97. The van der Waals surface area contributed by atoms with E-state index in [-0.39, 0.29) is 19.3 Å². The molecular weight excluding hydrogens is 372 g/mol. The number of nitrogens with one attached hydrogen (secondary N) is 1. The molecule has 0 atom stereocenters. The van der Waals surface area contributed by atoms with Gasteiger partial charge in [0.05, 0.1) is 5.52 Å². The Labute approximate surface area is 165 Å². The molecule has 144 valence electrons. The number of para-hydroxylation sites is 1. The van der Waals surface area contributed by atoms with Gasteiger partial charge in [-0.05, 0) is 29.7 Å². The molecule has 3 heterocycles. The number of amides is 1. The second-order valence-corrected chi connectivity index (χ2v) is 6.36. The van der Waals surface area contributed by atoms with E-state index in [1.807, 2.05) is 41.1 Å². The average Bonchev–Trinajstić information content (AvgIpc) is 3.39. The number of hydrogen-bond acceptors (Lipinski definition) is 6. The number of ether oxygens (including phenoxy) is 3. The van der Waals surface area contributed by atoms with Crippen molar-refractivity contribution in [1.82, 2.24) is 14.5 Å². The molecule has 1 aliphatic rings. The Morgan fingerprint density at radius 1 is 1.07 bits per heavy atom. The van der Waals surface area contributed by atoms with Gasteiger partial charge >= 0.3 is 0 Å². The summed E-state index contributed by atoms with van der Waals surface area (Å²) >= 11 is 0. The first-order chi connectivity index (χ1) is 14.3. The number of anilines is 1. The Morgan fingerprint density at radius 2 is 1.97 bits per heavy atom. The normalized spacial score (nSPS) is 12.1. The first-order valence-corrected chi connectivity index (χ1v) is 8.97. The lowest BCUT2D eigenvalue weighted by Crippen LogP contribution is -2.21. The fraction of sp³-hybridized carbons (Fsp3) is 0.0952. The van der Waals surface area contributed by atoms with E-state index < -0.39 is 0 Å². The summed E-state index contributed by atoms with van der Waals surface area (Å²) in [5, 5.41) is 3.84. The largest absolute Gasteiger partial charge is 0.484 e. The van der Waals surface area contributed by atoms with Crippen molar-refractivity contribution in [2.75, 3.05) is 18.7 Å². The van der Waals surface area contributed by atoms with E-state index in [9.17, 15) is 4.79 Å². The molecule has 0 radical (unpaired) electrons. The number of carbonyl (C=O) groups excluding carboxylic acids is 1. The number of rotatable bonds is 5. The Hall–Kier alpha value is -4.07. The lowest BCUT2D eigenvalue weighted by molar-refractivity contribution is -0.118. The standard InChI is InChI=1S/C21H16N4O4/c26-21(11-27-15-5-6-17-18(9-15)29-13-28-17)24-19-10-20(23-12-22-19)25-8-7-14-3-1-2-4-16(14)25/h1-10,12H,11,13H2,(H,22,23,24,26). The molecule has 2 aromatic heterocycles. The van der Waals surface area contributed by atoms with Crippen molar-refractivity contribution in [2.24, 2.45) is 0 Å². The van der Waals surface area contributed by atoms with Gasteiger partial charge in [-0.25, -0.2) is 9.97 Å². The van der Waals surface area contributed by atoms with E-state index in [1.165, 1.54) is 6.33 Å². The Morgan fingerprint density at radius 3 is 2.93 bits per heavy atom. The second kappa shape index (κ2) is 7.16. The third-order valence-electron chi connectivity index (χ3n) is 4.48. The third kappa shape index (κ3) is 3.43. The van der Waals surface area contributed by atoms with Gasteiger partial charge in [0.2, 0.25) is 6.79 Å². The van der Waals surface area contributed by atoms with Crippen LogP contribution in [0.4, 0.5) is 5.82 Å². The number of nitrogens with zero attached hydrogens (tertiary/aromatic N) is 3. The van der Waals surface area contributed by atoms with Crippen LogP contribution in [0, 0.1) is 0 Å². The monoisotopic (exact) mass is 388 g/mol. The molecule has 1 amide bonds. The molecule has 0 saturated carbocycles. The van der Waals surface area contributed by atoms with E-state index in [0.717, 1.165) is 10.9 Å². The topological polar surface area (TPSA) is 87.5 Å². The molecule has 0 spiro atoms. The van der Waals surface area contributed by atoms with Gasteiger partial charge < -0.3 is 24.1 Å². The maximum atomic E-state index is 12.3. The zero-order valence-electron chi connectivity index (χ0n) is 15.2. The van der Waals surface area contributed by atoms with Gasteiger partial charge in [-0.2, -0.15) is 0 Å². The quantitative estimate of drug-likeness (QED) is 0.565. The summed E-state index contributed by atoms with van der Waals surface area (Å²) < 4.78 is 18.0. The number of fused-ring (bicyclic) bond motifs is 2. The highest BCUT2D eigenvalue weighted by molar-refractivity contribution is 5.91. The summed E-state index contributed by atoms with van der Waals surface area (Å²) in [6.07, 6.45) is 3.35. The van der Waals surface area contributed by atoms with Crippen LogP contribution < -0.4 is 19.5 Å². The van der Waals surface area contributed by atoms with E-state index in [1.54, 1.807) is 24.3 Å². The van der Waals surface area contributed by atoms with Crippen LogP contribution in [0.5, 0.6) is 17.2 Å². The van der Waals surface area contributed by atoms with Crippen molar-refractivity contribution >= 4 is 22.6 Å². The van der Waals surface area contributed by atoms with Crippen LogP contribution >= 0.6 is 0 Å². The predicted molar refractivity (Wildman–Crippen MR) is 106 cm³/mol. The minimum absolute atomic E-state index is 0.161. The molecule has 0 aliphatic carbocycles. The van der Waals surface area contributed by atoms with E-state index in [0.29, 0.717) is 28.9 Å². The number of benzene rings is 2. The minimum Gasteiger partial charge on any atom is -0.484 e. The van der Waals surface area contributed by atoms with Crippen LogP contribution in [0.3, 0.4) is 0 Å². The smallest absolute Gasteiger partial charge is 0.263 e. The van der Waals surface area contributed by atoms with E-state index in [4.69, 9.17) is 14.2 Å². The van der Waals surface area contributed by atoms with Crippen LogP contribution in [0.15, 0.2) is 67.1 Å². The van der Waals surface area contributed by atoms with Crippen LogP contribution in [-0.4, -0.2) is 33.8 Å². The average molecular weight is 388 g/mol. The highest BCUT2D eigenvalue weighted by Gasteiger charge is 2.14. The SMILES string of the molecule is O=C(COc1ccc2c(c1)OCO2)Nc1cc(-n2ccc3ccccc32)ncn1. The highest BCUT2D eigenvalue weighted by Crippen LogP contribution is 2.35. The van der Waals surface area contributed by atoms with Crippen molar-refractivity contribution in [3.8, 4) is 23.1 Å². The predicted octanol–water partition coefficient (Wildman–Crippen LogP) is 3.17. The van der Waals surface area contributed by atoms with E-state index in [2.05, 4.69) is 15.3 Å². The maximum Gasteiger partial charge on any atom is 0.263 e. The molecule has 1 aliphatic heterocycles. The summed E-state index contributed by atoms with van der Waals surface area (Å²) in [6.45, 7) is 0.0252. The summed E-state index contributed by atoms with van der Waals surface area (Å²) in [6, 6.07) is 16.9. The van der Waals surface area contributed by atoms with Crippen LogP contribution in [0.2, 0.25) is 0 Å². The zero-order valence-corrected chi connectivity index (χ0v) is 15.2. The molecule has 0 fully saturated rings. The summed E-state index contributed by atoms with van der Waals surface area (Å²) in [7, 11) is 0. The van der Waals surface area contributed by atoms with Gasteiger partial charge in [-0.15, -0.1) is 0 Å². The molecule has 0 saturated heterocycles. The van der Waals surface area contributed by atoms with Crippen molar-refractivity contribution in [1.29, 1.82) is 0 Å². The van der Waals surface area contributed by atoms with Gasteiger partial charge in [-0.3, -0.25) is 4.79 Å². The van der Waals surface area contributed by atoms with Crippen molar-refractivity contribution in [3.63, 3.8) is 0 Å². The molecule has 0 bridgehead atoms. The molecule has 4 aromatic rings. The summed E-state index contributed by atoms with van der Waals surface area (Å²) in [5.74, 6) is 2.51. The maximum absolute atomic E-state index is 12.3. The Kier molecular flexibility index (Phi) is 4.21. The first kappa shape index (κ1) is 17.1. The summed E-state index contributed by atoms with van der Waals surface area (Å²) in [5.41, 5.74) is 1.02. The minimum atomic E-state index is -0.329. The van der Waals surface area contributed by atoms with Crippen LogP contribution in [-0.2, 0) is 4.79 Å². The van der Waals surface area contributed by atoms with Gasteiger partial charge in [0.25, 0.3) is 5.91 Å². The lowest BCUT2D eigenvalue weighted by Gasteiger charge is -2.09. The van der Waals surface area contributed by atoms with Crippen molar-refractivity contribution in [2.45, 2.75) is 0 Å². The number of carbonyl (C=O) groups is 1. The molecule has 0 unspecified atom stereocenters. The Balaban J connectivity index is 1.27. The highest BCUT2D eigenvalue weighted by atomic mass is 16.7. The molecule has 5 rings (SSSR count). The molecular formula is C21H16N4O4. The third-order valence-corrected chi connectivity index (χ3v) is 4.48. The van der Waals surface area contributed by atoms with Gasteiger partial charge in [0.1, 0.15) is 23.7 Å². The van der Waals surface area contributed by atoms with Gasteiger partial charge in [0.15, 0.2) is 18.1 Å². The molecule has 1 N–H and O–H groups in total. The zero-order chi connectivity index (χ0) is 19.6. The lowest BCUT2D eigenvalue weighted by atomic mass is 10.2. The van der Waals surface area contributed by atoms with E-state index >= 15 is 0 Å². The summed E-state index contributed by atoms with van der Waals surface area (Å²) in [4.78, 5) is 20.7. The van der Waals surface area contributed by atoms with Crippen molar-refractivity contribution < 1.29 is 19.0 Å². The Bertz CT molecular complexity index is 1200. The van der Waals surface area contributed by atoms with Crippen LogP contribution in [0.1, 0.15) is 0 Å². The molecule has 2 aromatic carbocycles. The molecule has 8 heteroatoms. The van der Waals surface area contributed by atoms with Gasteiger partial charge in [-0.1, -0.05) is 18.2 Å². The van der Waals surface area contributed by atoms with Gasteiger partial charge in [0, 0.05) is 18.3 Å². The molecule has 8 nitrogen and oxygen atoms in total.